The third-order valence-corrected chi connectivity index (χ3v) is 3.95. The van der Waals surface area contributed by atoms with Crippen LogP contribution in [0.4, 0.5) is 5.69 Å². The van der Waals surface area contributed by atoms with Gasteiger partial charge in [-0.05, 0) is 18.2 Å². The quantitative estimate of drug-likeness (QED) is 0.569. The minimum atomic E-state index is -1.29. The largest absolute Gasteiger partial charge is 0.430 e. The lowest BCUT2D eigenvalue weighted by Crippen LogP contribution is -2.28. The average molecular weight is 438 g/mol. The number of hydrogen-bond acceptors (Lipinski definition) is 8. The van der Waals surface area contributed by atoms with Crippen molar-refractivity contribution in [2.75, 3.05) is 7.11 Å². The van der Waals surface area contributed by atoms with Crippen molar-refractivity contribution < 1.29 is 24.2 Å². The molecule has 1 unspecified atom stereocenters. The number of hydrogen-bond donors (Lipinski definition) is 1. The van der Waals surface area contributed by atoms with Gasteiger partial charge in [0.15, 0.2) is 0 Å². The van der Waals surface area contributed by atoms with E-state index in [-0.39, 0.29) is 11.1 Å². The second-order valence-corrected chi connectivity index (χ2v) is 6.26. The van der Waals surface area contributed by atoms with Crippen molar-refractivity contribution >= 4 is 52.4 Å². The number of nitrogens with zero attached hydrogens (tertiary/aromatic N) is 3. The zero-order chi connectivity index (χ0) is 21.6. The summed E-state index contributed by atoms with van der Waals surface area (Å²) < 4.78 is 10.3. The van der Waals surface area contributed by atoms with Crippen LogP contribution in [-0.4, -0.2) is 47.0 Å². The fourth-order valence-electron chi connectivity index (χ4n) is 2.40. The smallest absolute Gasteiger partial charge is 0.309 e. The van der Waals surface area contributed by atoms with E-state index in [1.807, 2.05) is 0 Å². The number of ether oxygens (including phenoxy) is 2. The normalized spacial score (nSPS) is 14.9. The highest BCUT2D eigenvalue weighted by atomic mass is 35.5. The molecule has 8 nitrogen and oxygen atoms in total. The molecule has 1 N–H and O–H groups in total. The molecule has 0 saturated carbocycles. The number of aliphatic hydroxyl groups is 1. The van der Waals surface area contributed by atoms with Crippen molar-refractivity contribution in [1.29, 1.82) is 0 Å². The van der Waals surface area contributed by atoms with Gasteiger partial charge >= 0.3 is 11.9 Å². The standard InChI is InChI=1S/C18H13Cl2N3O4.CH4O/c1-9(24)26-17-18(27-10(2)25)23-15(11-5-3-4-6-12(11)19)16-13(21-17)7-8-14(20)22-16;1-2/h3-8,18H,1-2H3;2H,1H3. The van der Waals surface area contributed by atoms with Gasteiger partial charge in [-0.15, -0.1) is 0 Å². The molecular formula is C19H17Cl2N3O5. The Morgan fingerprint density at radius 3 is 2.34 bits per heavy atom. The summed E-state index contributed by atoms with van der Waals surface area (Å²) in [6.07, 6.45) is -1.29. The van der Waals surface area contributed by atoms with Crippen LogP contribution in [0.2, 0.25) is 10.2 Å². The van der Waals surface area contributed by atoms with Crippen LogP contribution in [0.15, 0.2) is 46.4 Å². The predicted molar refractivity (Wildman–Crippen MR) is 109 cm³/mol. The van der Waals surface area contributed by atoms with E-state index in [1.165, 1.54) is 19.9 Å². The Kier molecular flexibility index (Phi) is 7.83. The molecule has 1 aliphatic heterocycles. The van der Waals surface area contributed by atoms with Crippen LogP contribution in [0.5, 0.6) is 0 Å². The summed E-state index contributed by atoms with van der Waals surface area (Å²) >= 11 is 12.4. The van der Waals surface area contributed by atoms with E-state index in [0.717, 1.165) is 7.11 Å². The molecule has 29 heavy (non-hydrogen) atoms. The number of carbonyl (C=O) groups excluding carboxylic acids is 2. The Morgan fingerprint density at radius 1 is 1.03 bits per heavy atom. The summed E-state index contributed by atoms with van der Waals surface area (Å²) in [5.41, 5.74) is 1.49. The molecule has 1 aromatic heterocycles. The molecule has 2 heterocycles. The molecule has 0 fully saturated rings. The molecule has 152 valence electrons. The Morgan fingerprint density at radius 2 is 1.72 bits per heavy atom. The van der Waals surface area contributed by atoms with E-state index in [1.54, 1.807) is 30.3 Å². The molecule has 0 amide bonds. The minimum Gasteiger partial charge on any atom is -0.430 e. The van der Waals surface area contributed by atoms with Gasteiger partial charge in [0.1, 0.15) is 10.8 Å². The zero-order valence-corrected chi connectivity index (χ0v) is 17.2. The van der Waals surface area contributed by atoms with Crippen molar-refractivity contribution in [2.24, 2.45) is 9.98 Å². The summed E-state index contributed by atoms with van der Waals surface area (Å²) in [5.74, 6) is -1.45. The lowest BCUT2D eigenvalue weighted by atomic mass is 10.1. The Bertz CT molecular complexity index is 992. The Hall–Kier alpha value is -2.81. The number of benzene rings is 1. The molecule has 0 radical (unpaired) electrons. The van der Waals surface area contributed by atoms with E-state index < -0.39 is 18.2 Å². The van der Waals surface area contributed by atoms with Gasteiger partial charge in [0.2, 0.25) is 0 Å². The highest BCUT2D eigenvalue weighted by molar-refractivity contribution is 6.36. The fourth-order valence-corrected chi connectivity index (χ4v) is 2.78. The number of rotatable bonds is 2. The van der Waals surface area contributed by atoms with Gasteiger partial charge in [-0.1, -0.05) is 41.4 Å². The zero-order valence-electron chi connectivity index (χ0n) is 15.7. The van der Waals surface area contributed by atoms with Crippen LogP contribution in [0.25, 0.3) is 0 Å². The van der Waals surface area contributed by atoms with Gasteiger partial charge in [-0.25, -0.2) is 15.0 Å². The van der Waals surface area contributed by atoms with E-state index in [4.69, 9.17) is 37.8 Å². The van der Waals surface area contributed by atoms with Crippen LogP contribution >= 0.6 is 23.2 Å². The molecule has 1 atom stereocenters. The maximum absolute atomic E-state index is 11.5. The van der Waals surface area contributed by atoms with Crippen molar-refractivity contribution in [3.05, 3.63) is 57.8 Å². The first kappa shape index (κ1) is 22.5. The van der Waals surface area contributed by atoms with Gasteiger partial charge < -0.3 is 14.6 Å². The SMILES string of the molecule is CC(=O)OC1=Nc2ccc(Cl)nc2C(c2ccccc2Cl)=NC1OC(C)=O.CO. The summed E-state index contributed by atoms with van der Waals surface area (Å²) in [6.45, 7) is 2.42. The number of fused-ring (bicyclic) bond motifs is 1. The number of esters is 2. The molecule has 0 spiro atoms. The fraction of sp³-hybridized carbons (Fsp3) is 0.211. The first-order chi connectivity index (χ1) is 13.8. The second-order valence-electron chi connectivity index (χ2n) is 5.46. The number of pyridine rings is 1. The number of halogens is 2. The first-order valence-electron chi connectivity index (χ1n) is 8.23. The summed E-state index contributed by atoms with van der Waals surface area (Å²) in [6, 6.07) is 10.1. The lowest BCUT2D eigenvalue weighted by Gasteiger charge is -2.14. The minimum absolute atomic E-state index is 0.190. The van der Waals surface area contributed by atoms with Crippen molar-refractivity contribution in [1.82, 2.24) is 4.98 Å². The molecule has 3 rings (SSSR count). The van der Waals surface area contributed by atoms with Gasteiger partial charge in [0.05, 0.1) is 16.4 Å². The number of aliphatic hydroxyl groups excluding tert-OH is 1. The van der Waals surface area contributed by atoms with E-state index >= 15 is 0 Å². The van der Waals surface area contributed by atoms with Gasteiger partial charge in [0, 0.05) is 26.5 Å². The van der Waals surface area contributed by atoms with Crippen molar-refractivity contribution in [3.8, 4) is 0 Å². The van der Waals surface area contributed by atoms with Crippen LogP contribution in [-0.2, 0) is 19.1 Å². The number of aromatic nitrogens is 1. The average Bonchev–Trinajstić information content (AvgIpc) is 2.80. The highest BCUT2D eigenvalue weighted by Crippen LogP contribution is 2.30. The first-order valence-corrected chi connectivity index (χ1v) is 8.99. The Labute approximate surface area is 176 Å². The van der Waals surface area contributed by atoms with E-state index in [9.17, 15) is 9.59 Å². The molecule has 2 aromatic rings. The molecule has 0 bridgehead atoms. The van der Waals surface area contributed by atoms with Crippen LogP contribution in [0.1, 0.15) is 25.1 Å². The van der Waals surface area contributed by atoms with E-state index in [2.05, 4.69) is 15.0 Å². The summed E-state index contributed by atoms with van der Waals surface area (Å²) in [4.78, 5) is 36.0. The third kappa shape index (κ3) is 5.60. The highest BCUT2D eigenvalue weighted by Gasteiger charge is 2.29. The molecule has 10 heteroatoms. The molecule has 0 aliphatic carbocycles. The Balaban J connectivity index is 0.00000145. The maximum Gasteiger partial charge on any atom is 0.309 e. The van der Waals surface area contributed by atoms with Gasteiger partial charge in [0.25, 0.3) is 12.1 Å². The number of carbonyl (C=O) groups is 2. The molecule has 1 aromatic carbocycles. The monoisotopic (exact) mass is 437 g/mol. The van der Waals surface area contributed by atoms with Crippen molar-refractivity contribution in [2.45, 2.75) is 20.1 Å². The molecule has 1 aliphatic rings. The predicted octanol–water partition coefficient (Wildman–Crippen LogP) is 3.33. The topological polar surface area (TPSA) is 110 Å². The van der Waals surface area contributed by atoms with E-state index in [0.29, 0.717) is 27.7 Å². The maximum atomic E-state index is 11.5. The van der Waals surface area contributed by atoms with Crippen LogP contribution in [0, 0.1) is 0 Å². The molecular weight excluding hydrogens is 421 g/mol. The number of aliphatic imine (C=N–C) groups is 2. The van der Waals surface area contributed by atoms with Crippen molar-refractivity contribution in [3.63, 3.8) is 0 Å². The van der Waals surface area contributed by atoms with Crippen LogP contribution < -0.4 is 0 Å². The second kappa shape index (κ2) is 10.1. The summed E-state index contributed by atoms with van der Waals surface area (Å²) in [5, 5.41) is 7.62. The van der Waals surface area contributed by atoms with Gasteiger partial charge in [-0.3, -0.25) is 9.59 Å². The van der Waals surface area contributed by atoms with Gasteiger partial charge in [-0.2, -0.15) is 0 Å². The van der Waals surface area contributed by atoms with Crippen LogP contribution in [0.3, 0.4) is 0 Å². The third-order valence-electron chi connectivity index (χ3n) is 3.41. The molecule has 0 saturated heterocycles. The summed E-state index contributed by atoms with van der Waals surface area (Å²) in [7, 11) is 1.00. The lowest BCUT2D eigenvalue weighted by molar-refractivity contribution is -0.145.